The Bertz CT molecular complexity index is 719. The number of amides is 3. The van der Waals surface area contributed by atoms with Gasteiger partial charge in [-0.15, -0.1) is 0 Å². The molecular weight excluding hydrogens is 318 g/mol. The highest BCUT2D eigenvalue weighted by atomic mass is 16.5. The number of ether oxygens (including phenoxy) is 1. The SMILES string of the molecule is CNC(=O)NC(=O)C(c1ccccc1)N(C)Cc1cccc(OC)c1. The maximum atomic E-state index is 12.6. The van der Waals surface area contributed by atoms with Crippen molar-refractivity contribution in [1.29, 1.82) is 0 Å². The third-order valence-corrected chi connectivity index (χ3v) is 3.83. The number of hydrogen-bond donors (Lipinski definition) is 2. The largest absolute Gasteiger partial charge is 0.497 e. The van der Waals surface area contributed by atoms with Gasteiger partial charge in [0.05, 0.1) is 7.11 Å². The quantitative estimate of drug-likeness (QED) is 0.846. The first-order valence-corrected chi connectivity index (χ1v) is 7.96. The minimum atomic E-state index is -0.593. The molecule has 0 spiro atoms. The molecule has 0 aliphatic rings. The molecule has 0 aromatic heterocycles. The number of carbonyl (C=O) groups is 2. The Labute approximate surface area is 147 Å². The van der Waals surface area contributed by atoms with Gasteiger partial charge in [-0.3, -0.25) is 15.0 Å². The fourth-order valence-corrected chi connectivity index (χ4v) is 2.63. The molecule has 2 rings (SSSR count). The molecule has 1 unspecified atom stereocenters. The van der Waals surface area contributed by atoms with E-state index in [4.69, 9.17) is 4.74 Å². The molecule has 2 N–H and O–H groups in total. The van der Waals surface area contributed by atoms with E-state index < -0.39 is 12.1 Å². The van der Waals surface area contributed by atoms with Crippen LogP contribution in [0.4, 0.5) is 4.79 Å². The highest BCUT2D eigenvalue weighted by Crippen LogP contribution is 2.23. The minimum Gasteiger partial charge on any atom is -0.497 e. The molecule has 0 aliphatic heterocycles. The highest BCUT2D eigenvalue weighted by molar-refractivity contribution is 5.97. The molecule has 2 aromatic rings. The van der Waals surface area contributed by atoms with Crippen molar-refractivity contribution in [2.45, 2.75) is 12.6 Å². The molecule has 0 saturated heterocycles. The van der Waals surface area contributed by atoms with Crippen LogP contribution in [-0.4, -0.2) is 38.0 Å². The summed E-state index contributed by atoms with van der Waals surface area (Å²) in [6, 6.07) is 15.9. The van der Waals surface area contributed by atoms with Gasteiger partial charge >= 0.3 is 6.03 Å². The van der Waals surface area contributed by atoms with Gasteiger partial charge in [-0.1, -0.05) is 42.5 Å². The van der Waals surface area contributed by atoms with Crippen LogP contribution in [0, 0.1) is 0 Å². The smallest absolute Gasteiger partial charge is 0.321 e. The summed E-state index contributed by atoms with van der Waals surface area (Å²) in [4.78, 5) is 26.1. The molecule has 0 saturated carbocycles. The van der Waals surface area contributed by atoms with Crippen molar-refractivity contribution >= 4 is 11.9 Å². The molecule has 0 radical (unpaired) electrons. The van der Waals surface area contributed by atoms with Crippen LogP contribution in [0.2, 0.25) is 0 Å². The van der Waals surface area contributed by atoms with Crippen LogP contribution in [0.1, 0.15) is 17.2 Å². The minimum absolute atomic E-state index is 0.379. The summed E-state index contributed by atoms with van der Waals surface area (Å²) in [5.41, 5.74) is 1.82. The van der Waals surface area contributed by atoms with Crippen molar-refractivity contribution in [2.75, 3.05) is 21.2 Å². The predicted molar refractivity (Wildman–Crippen MR) is 96.2 cm³/mol. The maximum Gasteiger partial charge on any atom is 0.321 e. The zero-order valence-corrected chi connectivity index (χ0v) is 14.7. The lowest BCUT2D eigenvalue weighted by Crippen LogP contribution is -2.44. The number of urea groups is 1. The second-order valence-corrected chi connectivity index (χ2v) is 5.65. The molecule has 3 amide bonds. The van der Waals surface area contributed by atoms with Crippen LogP contribution < -0.4 is 15.4 Å². The summed E-state index contributed by atoms with van der Waals surface area (Å²) in [7, 11) is 4.94. The molecule has 0 aliphatic carbocycles. The summed E-state index contributed by atoms with van der Waals surface area (Å²) >= 11 is 0. The fraction of sp³-hybridized carbons (Fsp3) is 0.263. The van der Waals surface area contributed by atoms with Gasteiger partial charge in [0.2, 0.25) is 5.91 Å². The monoisotopic (exact) mass is 341 g/mol. The molecule has 0 heterocycles. The molecule has 1 atom stereocenters. The Kier molecular flexibility index (Phi) is 6.54. The standard InChI is InChI=1S/C19H23N3O3/c1-20-19(24)21-18(23)17(15-9-5-4-6-10-15)22(2)13-14-8-7-11-16(12-14)25-3/h4-12,17H,13H2,1-3H3,(H2,20,21,23,24). The number of rotatable bonds is 6. The second kappa shape index (κ2) is 8.84. The average molecular weight is 341 g/mol. The topological polar surface area (TPSA) is 70.7 Å². The Hall–Kier alpha value is -2.86. The van der Waals surface area contributed by atoms with E-state index in [0.29, 0.717) is 6.54 Å². The Morgan fingerprint density at radius 2 is 1.84 bits per heavy atom. The van der Waals surface area contributed by atoms with E-state index in [0.717, 1.165) is 16.9 Å². The van der Waals surface area contributed by atoms with E-state index in [1.54, 1.807) is 7.11 Å². The third-order valence-electron chi connectivity index (χ3n) is 3.83. The van der Waals surface area contributed by atoms with Crippen molar-refractivity contribution in [3.05, 3.63) is 65.7 Å². The molecule has 0 fully saturated rings. The van der Waals surface area contributed by atoms with E-state index in [1.165, 1.54) is 7.05 Å². The lowest BCUT2D eigenvalue weighted by molar-refractivity contribution is -0.125. The molecular formula is C19H23N3O3. The predicted octanol–water partition coefficient (Wildman–Crippen LogP) is 2.32. The van der Waals surface area contributed by atoms with Crippen LogP contribution in [0.15, 0.2) is 54.6 Å². The van der Waals surface area contributed by atoms with Gasteiger partial charge in [0.25, 0.3) is 0 Å². The van der Waals surface area contributed by atoms with Crippen LogP contribution in [0.25, 0.3) is 0 Å². The average Bonchev–Trinajstić information content (AvgIpc) is 2.62. The molecule has 0 bridgehead atoms. The summed E-state index contributed by atoms with van der Waals surface area (Å²) in [5.74, 6) is 0.382. The Morgan fingerprint density at radius 1 is 1.12 bits per heavy atom. The van der Waals surface area contributed by atoms with Gasteiger partial charge in [-0.05, 0) is 30.3 Å². The lowest BCUT2D eigenvalue weighted by atomic mass is 10.0. The second-order valence-electron chi connectivity index (χ2n) is 5.65. The van der Waals surface area contributed by atoms with Crippen LogP contribution in [-0.2, 0) is 11.3 Å². The van der Waals surface area contributed by atoms with Gasteiger partial charge in [0.15, 0.2) is 0 Å². The third kappa shape index (κ3) is 5.06. The van der Waals surface area contributed by atoms with E-state index in [9.17, 15) is 9.59 Å². The van der Waals surface area contributed by atoms with Gasteiger partial charge in [-0.25, -0.2) is 4.79 Å². The number of nitrogens with zero attached hydrogens (tertiary/aromatic N) is 1. The van der Waals surface area contributed by atoms with Gasteiger partial charge < -0.3 is 10.1 Å². The van der Waals surface area contributed by atoms with Gasteiger partial charge in [-0.2, -0.15) is 0 Å². The first kappa shape index (κ1) is 18.5. The summed E-state index contributed by atoms with van der Waals surface area (Å²) < 4.78 is 5.25. The first-order valence-electron chi connectivity index (χ1n) is 7.96. The van der Waals surface area contributed by atoms with Crippen LogP contribution in [0.5, 0.6) is 5.75 Å². The van der Waals surface area contributed by atoms with Crippen molar-refractivity contribution in [1.82, 2.24) is 15.5 Å². The van der Waals surface area contributed by atoms with E-state index in [2.05, 4.69) is 10.6 Å². The van der Waals surface area contributed by atoms with Crippen LogP contribution in [0.3, 0.4) is 0 Å². The molecule has 6 heteroatoms. The lowest BCUT2D eigenvalue weighted by Gasteiger charge is -2.27. The zero-order valence-electron chi connectivity index (χ0n) is 14.7. The fourth-order valence-electron chi connectivity index (χ4n) is 2.63. The van der Waals surface area contributed by atoms with Crippen molar-refractivity contribution < 1.29 is 14.3 Å². The zero-order chi connectivity index (χ0) is 18.2. The first-order chi connectivity index (χ1) is 12.0. The van der Waals surface area contributed by atoms with Crippen molar-refractivity contribution in [3.8, 4) is 5.75 Å². The molecule has 6 nitrogen and oxygen atoms in total. The molecule has 25 heavy (non-hydrogen) atoms. The van der Waals surface area contributed by atoms with Crippen molar-refractivity contribution in [2.24, 2.45) is 0 Å². The number of benzene rings is 2. The van der Waals surface area contributed by atoms with E-state index in [-0.39, 0.29) is 5.91 Å². The van der Waals surface area contributed by atoms with E-state index in [1.807, 2.05) is 66.5 Å². The van der Waals surface area contributed by atoms with E-state index >= 15 is 0 Å². The molecule has 132 valence electrons. The number of nitrogens with one attached hydrogen (secondary N) is 2. The summed E-state index contributed by atoms with van der Waals surface area (Å²) in [5, 5.41) is 4.76. The van der Waals surface area contributed by atoms with Gasteiger partial charge in [0, 0.05) is 13.6 Å². The van der Waals surface area contributed by atoms with Crippen LogP contribution >= 0.6 is 0 Å². The van der Waals surface area contributed by atoms with Gasteiger partial charge in [0.1, 0.15) is 11.8 Å². The Morgan fingerprint density at radius 3 is 2.48 bits per heavy atom. The number of methoxy groups -OCH3 is 1. The Balaban J connectivity index is 2.24. The maximum absolute atomic E-state index is 12.6. The van der Waals surface area contributed by atoms with Crippen molar-refractivity contribution in [3.63, 3.8) is 0 Å². The number of carbonyl (C=O) groups excluding carboxylic acids is 2. The summed E-state index contributed by atoms with van der Waals surface area (Å²) in [6.07, 6.45) is 0. The molecule has 2 aromatic carbocycles. The normalized spacial score (nSPS) is 11.7. The summed E-state index contributed by atoms with van der Waals surface area (Å²) in [6.45, 7) is 0.526. The number of likely N-dealkylation sites (N-methyl/N-ethyl adjacent to an activating group) is 1. The number of imide groups is 1. The number of hydrogen-bond acceptors (Lipinski definition) is 4. The highest BCUT2D eigenvalue weighted by Gasteiger charge is 2.26.